The summed E-state index contributed by atoms with van der Waals surface area (Å²) >= 11 is 0. The van der Waals surface area contributed by atoms with Gasteiger partial charge in [-0.05, 0) is 80.1 Å². The van der Waals surface area contributed by atoms with Crippen molar-refractivity contribution in [2.24, 2.45) is 5.92 Å². The molecule has 2 fully saturated rings. The smallest absolute Gasteiger partial charge is 0.178 e. The van der Waals surface area contributed by atoms with Crippen molar-refractivity contribution in [3.05, 3.63) is 77.8 Å². The highest BCUT2D eigenvalue weighted by molar-refractivity contribution is 5.89. The van der Waals surface area contributed by atoms with Gasteiger partial charge < -0.3 is 9.88 Å². The molecule has 7 nitrogen and oxygen atoms in total. The number of fused-ring (bicyclic) bond motifs is 2. The highest BCUT2D eigenvalue weighted by atomic mass is 19.1. The summed E-state index contributed by atoms with van der Waals surface area (Å²) in [5, 5.41) is 0. The van der Waals surface area contributed by atoms with Gasteiger partial charge in [0.25, 0.3) is 0 Å². The molecule has 0 bridgehead atoms. The first-order chi connectivity index (χ1) is 17.0. The SMILES string of the molecule is CN(C)Cc1cncc(C2CCC3NNC(c4nc5nccc(-c6cccc(F)c6)c5[nH]4)C3C2)c1. The van der Waals surface area contributed by atoms with E-state index in [1.165, 1.54) is 17.2 Å². The maximum Gasteiger partial charge on any atom is 0.178 e. The van der Waals surface area contributed by atoms with Gasteiger partial charge in [0.2, 0.25) is 0 Å². The molecule has 1 aliphatic heterocycles. The summed E-state index contributed by atoms with van der Waals surface area (Å²) in [5.41, 5.74) is 12.8. The predicted octanol–water partition coefficient (Wildman–Crippen LogP) is 4.32. The summed E-state index contributed by atoms with van der Waals surface area (Å²) in [6.45, 7) is 0.894. The molecule has 4 aromatic rings. The molecular weight excluding hydrogens is 441 g/mol. The summed E-state index contributed by atoms with van der Waals surface area (Å²) in [6.07, 6.45) is 9.04. The normalized spacial score (nSPS) is 24.2. The molecule has 1 aliphatic carbocycles. The second-order valence-corrected chi connectivity index (χ2v) is 10.1. The van der Waals surface area contributed by atoms with Crippen LogP contribution in [0.1, 0.15) is 48.2 Å². The van der Waals surface area contributed by atoms with Crippen LogP contribution in [-0.4, -0.2) is 45.0 Å². The van der Waals surface area contributed by atoms with Gasteiger partial charge in [0.1, 0.15) is 11.6 Å². The van der Waals surface area contributed by atoms with E-state index in [2.05, 4.69) is 50.9 Å². The zero-order valence-corrected chi connectivity index (χ0v) is 20.0. The number of aromatic nitrogens is 4. The van der Waals surface area contributed by atoms with E-state index in [-0.39, 0.29) is 11.9 Å². The van der Waals surface area contributed by atoms with Crippen molar-refractivity contribution in [3.63, 3.8) is 0 Å². The second kappa shape index (κ2) is 9.11. The molecule has 8 heteroatoms. The van der Waals surface area contributed by atoms with Gasteiger partial charge in [0.05, 0.1) is 11.6 Å². The third-order valence-corrected chi connectivity index (χ3v) is 7.38. The van der Waals surface area contributed by atoms with Gasteiger partial charge in [-0.15, -0.1) is 0 Å². The Morgan fingerprint density at radius 2 is 2.00 bits per heavy atom. The number of imidazole rings is 1. The Hall–Kier alpha value is -3.20. The lowest BCUT2D eigenvalue weighted by atomic mass is 9.73. The van der Waals surface area contributed by atoms with Gasteiger partial charge in [-0.2, -0.15) is 0 Å². The van der Waals surface area contributed by atoms with Crippen LogP contribution in [0.4, 0.5) is 4.39 Å². The van der Waals surface area contributed by atoms with Gasteiger partial charge in [0, 0.05) is 36.7 Å². The Balaban J connectivity index is 1.28. The fourth-order valence-electron chi connectivity index (χ4n) is 5.79. The summed E-state index contributed by atoms with van der Waals surface area (Å²) in [4.78, 5) is 19.6. The van der Waals surface area contributed by atoms with Crippen LogP contribution in [0.3, 0.4) is 0 Å². The Morgan fingerprint density at radius 1 is 1.09 bits per heavy atom. The minimum absolute atomic E-state index is 0.0512. The number of halogens is 1. The maximum absolute atomic E-state index is 13.9. The van der Waals surface area contributed by atoms with Gasteiger partial charge in [-0.25, -0.2) is 19.8 Å². The molecule has 6 rings (SSSR count). The molecular formula is C27H30FN7. The Labute approximate surface area is 204 Å². The first-order valence-corrected chi connectivity index (χ1v) is 12.3. The number of hydrogen-bond acceptors (Lipinski definition) is 6. The second-order valence-electron chi connectivity index (χ2n) is 10.1. The van der Waals surface area contributed by atoms with E-state index in [9.17, 15) is 4.39 Å². The predicted molar refractivity (Wildman–Crippen MR) is 134 cm³/mol. The molecule has 4 atom stereocenters. The number of rotatable bonds is 5. The van der Waals surface area contributed by atoms with Crippen molar-refractivity contribution in [2.45, 2.75) is 43.8 Å². The summed E-state index contributed by atoms with van der Waals surface area (Å²) < 4.78 is 13.9. The van der Waals surface area contributed by atoms with Crippen LogP contribution in [0.25, 0.3) is 22.3 Å². The molecule has 3 N–H and O–H groups in total. The first kappa shape index (κ1) is 22.3. The highest BCUT2D eigenvalue weighted by Crippen LogP contribution is 2.44. The minimum atomic E-state index is -0.255. The van der Waals surface area contributed by atoms with Crippen LogP contribution in [-0.2, 0) is 6.54 Å². The number of pyridine rings is 2. The number of aromatic amines is 1. The van der Waals surface area contributed by atoms with Crippen LogP contribution in [0.2, 0.25) is 0 Å². The van der Waals surface area contributed by atoms with Crippen molar-refractivity contribution in [3.8, 4) is 11.1 Å². The molecule has 1 saturated carbocycles. The largest absolute Gasteiger partial charge is 0.339 e. The van der Waals surface area contributed by atoms with Crippen LogP contribution >= 0.6 is 0 Å². The molecule has 180 valence electrons. The number of hydrogen-bond donors (Lipinski definition) is 3. The summed E-state index contributed by atoms with van der Waals surface area (Å²) in [7, 11) is 4.17. The number of nitrogens with zero attached hydrogens (tertiary/aromatic N) is 4. The topological polar surface area (TPSA) is 81.8 Å². The van der Waals surface area contributed by atoms with E-state index in [0.29, 0.717) is 23.5 Å². The molecule has 2 aliphatic rings. The first-order valence-electron chi connectivity index (χ1n) is 12.3. The molecule has 1 aromatic carbocycles. The average Bonchev–Trinajstić information content (AvgIpc) is 3.47. The number of nitrogens with one attached hydrogen (secondary N) is 3. The van der Waals surface area contributed by atoms with Gasteiger partial charge >= 0.3 is 0 Å². The lowest BCUT2D eigenvalue weighted by molar-refractivity contribution is 0.274. The molecule has 4 heterocycles. The fourth-order valence-corrected chi connectivity index (χ4v) is 5.79. The van der Waals surface area contributed by atoms with E-state index in [4.69, 9.17) is 4.98 Å². The van der Waals surface area contributed by atoms with Crippen molar-refractivity contribution in [1.82, 2.24) is 35.7 Å². The monoisotopic (exact) mass is 471 g/mol. The quantitative estimate of drug-likeness (QED) is 0.402. The third-order valence-electron chi connectivity index (χ3n) is 7.38. The van der Waals surface area contributed by atoms with Gasteiger partial charge in [0.15, 0.2) is 5.65 Å². The molecule has 0 radical (unpaired) electrons. The summed E-state index contributed by atoms with van der Waals surface area (Å²) in [5.74, 6) is 1.48. The zero-order chi connectivity index (χ0) is 23.9. The molecule has 3 aromatic heterocycles. The van der Waals surface area contributed by atoms with E-state index >= 15 is 0 Å². The standard InChI is InChI=1S/C27H30FN7/c1-35(2)15-16-10-19(14-29-13-16)17-6-7-23-22(12-17)25(34-33-23)27-31-24-21(8-9-30-26(24)32-27)18-4-3-5-20(28)11-18/h3-5,8-11,13-14,17,22-23,25,33-34H,6-7,12,15H2,1-2H3,(H,30,31,32). The highest BCUT2D eigenvalue weighted by Gasteiger charge is 2.42. The van der Waals surface area contributed by atoms with Gasteiger partial charge in [-0.1, -0.05) is 18.2 Å². The van der Waals surface area contributed by atoms with E-state index < -0.39 is 0 Å². The zero-order valence-electron chi connectivity index (χ0n) is 20.0. The summed E-state index contributed by atoms with van der Waals surface area (Å²) in [6, 6.07) is 11.3. The van der Waals surface area contributed by atoms with Crippen molar-refractivity contribution in [2.75, 3.05) is 14.1 Å². The van der Waals surface area contributed by atoms with Crippen LogP contribution in [0.15, 0.2) is 55.0 Å². The number of H-pyrrole nitrogens is 1. The van der Waals surface area contributed by atoms with Crippen LogP contribution < -0.4 is 10.9 Å². The molecule has 4 unspecified atom stereocenters. The van der Waals surface area contributed by atoms with Crippen molar-refractivity contribution >= 4 is 11.2 Å². The molecule has 0 spiro atoms. The average molecular weight is 472 g/mol. The molecule has 35 heavy (non-hydrogen) atoms. The lowest BCUT2D eigenvalue weighted by Crippen LogP contribution is -2.34. The van der Waals surface area contributed by atoms with E-state index in [1.807, 2.05) is 24.5 Å². The van der Waals surface area contributed by atoms with Gasteiger partial charge in [-0.3, -0.25) is 10.4 Å². The van der Waals surface area contributed by atoms with Crippen molar-refractivity contribution < 1.29 is 4.39 Å². The number of benzene rings is 1. The minimum Gasteiger partial charge on any atom is -0.339 e. The Kier molecular flexibility index (Phi) is 5.80. The third kappa shape index (κ3) is 4.33. The van der Waals surface area contributed by atoms with Crippen molar-refractivity contribution in [1.29, 1.82) is 0 Å². The Morgan fingerprint density at radius 3 is 2.86 bits per heavy atom. The van der Waals surface area contributed by atoms with E-state index in [0.717, 1.165) is 48.3 Å². The molecule has 1 saturated heterocycles. The number of hydrazine groups is 1. The lowest BCUT2D eigenvalue weighted by Gasteiger charge is -2.33. The molecule has 0 amide bonds. The maximum atomic E-state index is 13.9. The van der Waals surface area contributed by atoms with Crippen LogP contribution in [0.5, 0.6) is 0 Å². The van der Waals surface area contributed by atoms with Crippen LogP contribution in [0, 0.1) is 11.7 Å². The Bertz CT molecular complexity index is 1350. The van der Waals surface area contributed by atoms with E-state index in [1.54, 1.807) is 18.3 Å². The fraction of sp³-hybridized carbons (Fsp3) is 0.370.